The van der Waals surface area contributed by atoms with Gasteiger partial charge in [-0.15, -0.1) is 0 Å². The average Bonchev–Trinajstić information content (AvgIpc) is 2.64. The summed E-state index contributed by atoms with van der Waals surface area (Å²) in [5.41, 5.74) is 0.305. The number of benzene rings is 1. The normalized spacial score (nSPS) is 10.3. The zero-order valence-corrected chi connectivity index (χ0v) is 8.70. The van der Waals surface area contributed by atoms with Gasteiger partial charge in [-0.3, -0.25) is 4.57 Å². The zero-order chi connectivity index (χ0) is 10.8. The number of imidazole rings is 1. The Labute approximate surface area is 91.1 Å². The van der Waals surface area contributed by atoms with Crippen molar-refractivity contribution in [3.05, 3.63) is 41.7 Å². The molecule has 1 aromatic carbocycles. The molecule has 0 radical (unpaired) electrons. The summed E-state index contributed by atoms with van der Waals surface area (Å²) in [6, 6.07) is 4.61. The van der Waals surface area contributed by atoms with Crippen LogP contribution in [0.15, 0.2) is 30.7 Å². The van der Waals surface area contributed by atoms with Crippen molar-refractivity contribution in [2.75, 3.05) is 7.11 Å². The van der Waals surface area contributed by atoms with Crippen molar-refractivity contribution in [2.45, 2.75) is 0 Å². The predicted molar refractivity (Wildman–Crippen MR) is 55.1 cm³/mol. The highest BCUT2D eigenvalue weighted by molar-refractivity contribution is 6.29. The van der Waals surface area contributed by atoms with E-state index in [9.17, 15) is 4.39 Å². The van der Waals surface area contributed by atoms with Gasteiger partial charge < -0.3 is 4.74 Å². The third-order valence-electron chi connectivity index (χ3n) is 1.98. The van der Waals surface area contributed by atoms with Crippen molar-refractivity contribution in [3.63, 3.8) is 0 Å². The number of aromatic nitrogens is 2. The van der Waals surface area contributed by atoms with Crippen molar-refractivity contribution in [2.24, 2.45) is 0 Å². The van der Waals surface area contributed by atoms with Crippen molar-refractivity contribution in [1.82, 2.24) is 9.55 Å². The van der Waals surface area contributed by atoms with Gasteiger partial charge in [0.1, 0.15) is 22.9 Å². The molecule has 78 valence electrons. The van der Waals surface area contributed by atoms with Gasteiger partial charge in [-0.2, -0.15) is 0 Å². The smallest absolute Gasteiger partial charge is 0.151 e. The molecular weight excluding hydrogens is 219 g/mol. The number of ether oxygens (including phenoxy) is 1. The lowest BCUT2D eigenvalue weighted by Crippen LogP contribution is -1.98. The van der Waals surface area contributed by atoms with Gasteiger partial charge in [-0.05, 0) is 12.1 Å². The Morgan fingerprint density at radius 1 is 1.47 bits per heavy atom. The van der Waals surface area contributed by atoms with Crippen LogP contribution in [0.25, 0.3) is 5.69 Å². The van der Waals surface area contributed by atoms with Gasteiger partial charge in [0.15, 0.2) is 5.82 Å². The molecule has 15 heavy (non-hydrogen) atoms. The summed E-state index contributed by atoms with van der Waals surface area (Å²) in [7, 11) is 1.48. The highest BCUT2D eigenvalue weighted by Gasteiger charge is 2.11. The first-order valence-electron chi connectivity index (χ1n) is 4.24. The van der Waals surface area contributed by atoms with Gasteiger partial charge >= 0.3 is 0 Å². The Hall–Kier alpha value is -1.55. The molecule has 0 bridgehead atoms. The Bertz CT molecular complexity index is 484. The van der Waals surface area contributed by atoms with Crippen LogP contribution >= 0.6 is 11.6 Å². The topological polar surface area (TPSA) is 27.1 Å². The third kappa shape index (κ3) is 1.80. The molecule has 0 N–H and O–H groups in total. The van der Waals surface area contributed by atoms with Crippen molar-refractivity contribution in [1.29, 1.82) is 0 Å². The molecule has 0 unspecified atom stereocenters. The van der Waals surface area contributed by atoms with Gasteiger partial charge in [0.2, 0.25) is 0 Å². The lowest BCUT2D eigenvalue weighted by Gasteiger charge is -2.09. The molecule has 2 aromatic rings. The van der Waals surface area contributed by atoms with Crippen LogP contribution in [-0.2, 0) is 0 Å². The van der Waals surface area contributed by atoms with Crippen molar-refractivity contribution >= 4 is 11.6 Å². The zero-order valence-electron chi connectivity index (χ0n) is 7.95. The second-order valence-corrected chi connectivity index (χ2v) is 3.28. The monoisotopic (exact) mass is 226 g/mol. The van der Waals surface area contributed by atoms with Crippen molar-refractivity contribution < 1.29 is 9.13 Å². The molecule has 0 aliphatic heterocycles. The maximum Gasteiger partial charge on any atom is 0.151 e. The summed E-state index contributed by atoms with van der Waals surface area (Å²) in [5, 5.41) is 0.306. The molecule has 0 spiro atoms. The number of methoxy groups -OCH3 is 1. The molecule has 0 amide bonds. The van der Waals surface area contributed by atoms with E-state index in [1.807, 2.05) is 0 Å². The van der Waals surface area contributed by atoms with E-state index in [0.29, 0.717) is 16.6 Å². The summed E-state index contributed by atoms with van der Waals surface area (Å²) >= 11 is 5.66. The highest BCUT2D eigenvalue weighted by Crippen LogP contribution is 2.26. The fraction of sp³-hybridized carbons (Fsp3) is 0.100. The molecule has 2 rings (SSSR count). The summed E-state index contributed by atoms with van der Waals surface area (Å²) in [6.45, 7) is 0. The number of halogens is 2. The van der Waals surface area contributed by atoms with E-state index in [-0.39, 0.29) is 5.82 Å². The van der Waals surface area contributed by atoms with Gasteiger partial charge in [0.25, 0.3) is 0 Å². The minimum Gasteiger partial charge on any atom is -0.494 e. The van der Waals surface area contributed by atoms with E-state index in [1.54, 1.807) is 12.1 Å². The Balaban J connectivity index is 2.60. The van der Waals surface area contributed by atoms with E-state index in [1.165, 1.54) is 30.3 Å². The molecule has 1 aromatic heterocycles. The molecule has 0 saturated carbocycles. The molecule has 3 nitrogen and oxygen atoms in total. The van der Waals surface area contributed by atoms with E-state index < -0.39 is 0 Å². The molecule has 0 atom stereocenters. The van der Waals surface area contributed by atoms with Crippen LogP contribution < -0.4 is 4.74 Å². The van der Waals surface area contributed by atoms with E-state index in [2.05, 4.69) is 4.98 Å². The number of rotatable bonds is 2. The van der Waals surface area contributed by atoms with Crippen LogP contribution in [-0.4, -0.2) is 16.7 Å². The van der Waals surface area contributed by atoms with Gasteiger partial charge in [-0.1, -0.05) is 17.7 Å². The fourth-order valence-electron chi connectivity index (χ4n) is 1.33. The first-order chi connectivity index (χ1) is 7.22. The maximum atomic E-state index is 13.6. The quantitative estimate of drug-likeness (QED) is 0.787. The first kappa shape index (κ1) is 9.98. The summed E-state index contributed by atoms with van der Waals surface area (Å²) in [5.74, 6) is 0.0486. The van der Waals surface area contributed by atoms with Crippen LogP contribution in [0.1, 0.15) is 0 Å². The Morgan fingerprint density at radius 3 is 2.87 bits per heavy atom. The number of hydrogen-bond donors (Lipinski definition) is 0. The van der Waals surface area contributed by atoms with Crippen LogP contribution in [0.2, 0.25) is 5.15 Å². The standard InChI is InChI=1S/C10H8ClFN2O/c1-15-8-4-2-3-7(12)10(8)14-5-9(11)13-6-14/h2-6H,1H3. The molecule has 0 fully saturated rings. The second-order valence-electron chi connectivity index (χ2n) is 2.89. The Kier molecular flexibility index (Phi) is 2.60. The van der Waals surface area contributed by atoms with Gasteiger partial charge in [0.05, 0.1) is 7.11 Å². The van der Waals surface area contributed by atoms with E-state index in [4.69, 9.17) is 16.3 Å². The van der Waals surface area contributed by atoms with Crippen LogP contribution in [0, 0.1) is 5.82 Å². The molecule has 0 aliphatic carbocycles. The lowest BCUT2D eigenvalue weighted by atomic mass is 10.3. The maximum absolute atomic E-state index is 13.6. The van der Waals surface area contributed by atoms with Crippen LogP contribution in [0.4, 0.5) is 4.39 Å². The third-order valence-corrected chi connectivity index (χ3v) is 2.17. The SMILES string of the molecule is COc1cccc(F)c1-n1cnc(Cl)c1. The minimum atomic E-state index is -0.386. The molecule has 0 aliphatic rings. The minimum absolute atomic E-state index is 0.305. The fourth-order valence-corrected chi connectivity index (χ4v) is 1.48. The van der Waals surface area contributed by atoms with Crippen molar-refractivity contribution in [3.8, 4) is 11.4 Å². The lowest BCUT2D eigenvalue weighted by molar-refractivity contribution is 0.409. The van der Waals surface area contributed by atoms with Crippen LogP contribution in [0.5, 0.6) is 5.75 Å². The van der Waals surface area contributed by atoms with Crippen LogP contribution in [0.3, 0.4) is 0 Å². The summed E-state index contributed by atoms with van der Waals surface area (Å²) in [4.78, 5) is 3.82. The predicted octanol–water partition coefficient (Wildman–Crippen LogP) is 2.67. The number of hydrogen-bond acceptors (Lipinski definition) is 2. The number of nitrogens with zero attached hydrogens (tertiary/aromatic N) is 2. The van der Waals surface area contributed by atoms with E-state index in [0.717, 1.165) is 0 Å². The van der Waals surface area contributed by atoms with E-state index >= 15 is 0 Å². The summed E-state index contributed by atoms with van der Waals surface area (Å²) < 4.78 is 20.1. The molecule has 1 heterocycles. The molecular formula is C10H8ClFN2O. The Morgan fingerprint density at radius 2 is 2.27 bits per heavy atom. The highest BCUT2D eigenvalue weighted by atomic mass is 35.5. The average molecular weight is 227 g/mol. The molecule has 5 heteroatoms. The van der Waals surface area contributed by atoms with Gasteiger partial charge in [0, 0.05) is 6.20 Å². The second kappa shape index (κ2) is 3.90. The largest absolute Gasteiger partial charge is 0.494 e. The first-order valence-corrected chi connectivity index (χ1v) is 4.62. The molecule has 0 saturated heterocycles. The van der Waals surface area contributed by atoms with Gasteiger partial charge in [-0.25, -0.2) is 9.37 Å². The summed E-state index contributed by atoms with van der Waals surface area (Å²) in [6.07, 6.45) is 2.95. The number of para-hydroxylation sites is 1.